The first-order valence-corrected chi connectivity index (χ1v) is 8.36. The van der Waals surface area contributed by atoms with E-state index < -0.39 is 11.7 Å². The Morgan fingerprint density at radius 2 is 1.80 bits per heavy atom. The maximum Gasteiger partial charge on any atom is 0.412 e. The zero-order valence-corrected chi connectivity index (χ0v) is 15.1. The van der Waals surface area contributed by atoms with Gasteiger partial charge in [0.15, 0.2) is 0 Å². The molecule has 5 heteroatoms. The molecule has 25 heavy (non-hydrogen) atoms. The van der Waals surface area contributed by atoms with E-state index in [1.807, 2.05) is 75.4 Å². The topological polar surface area (TPSA) is 51.2 Å². The molecule has 3 aromatic rings. The Morgan fingerprint density at radius 3 is 2.56 bits per heavy atom. The van der Waals surface area contributed by atoms with E-state index in [1.165, 1.54) is 0 Å². The molecule has 0 aliphatic carbocycles. The lowest BCUT2D eigenvalue weighted by Gasteiger charge is -2.20. The van der Waals surface area contributed by atoms with Crippen LogP contribution in [0.25, 0.3) is 22.2 Å². The van der Waals surface area contributed by atoms with Crippen LogP contribution in [0, 0.1) is 0 Å². The third-order valence-electron chi connectivity index (χ3n) is 3.51. The van der Waals surface area contributed by atoms with Crippen molar-refractivity contribution in [1.82, 2.24) is 4.98 Å². The molecular formula is C20H19ClN2O2. The van der Waals surface area contributed by atoms with Crippen molar-refractivity contribution in [2.45, 2.75) is 26.4 Å². The highest BCUT2D eigenvalue weighted by atomic mass is 35.5. The maximum absolute atomic E-state index is 12.1. The summed E-state index contributed by atoms with van der Waals surface area (Å²) in [6.07, 6.45) is -0.501. The van der Waals surface area contributed by atoms with Crippen LogP contribution in [-0.4, -0.2) is 16.7 Å². The molecule has 0 aliphatic rings. The Labute approximate surface area is 151 Å². The van der Waals surface area contributed by atoms with E-state index in [-0.39, 0.29) is 0 Å². The quantitative estimate of drug-likeness (QED) is 0.623. The molecule has 1 aromatic heterocycles. The van der Waals surface area contributed by atoms with Gasteiger partial charge in [-0.15, -0.1) is 0 Å². The van der Waals surface area contributed by atoms with Gasteiger partial charge < -0.3 is 4.74 Å². The van der Waals surface area contributed by atoms with Gasteiger partial charge in [0.25, 0.3) is 0 Å². The van der Waals surface area contributed by atoms with Crippen LogP contribution in [0.5, 0.6) is 0 Å². The van der Waals surface area contributed by atoms with Crippen LogP contribution < -0.4 is 5.32 Å². The highest BCUT2D eigenvalue weighted by molar-refractivity contribution is 6.35. The largest absolute Gasteiger partial charge is 0.444 e. The fraction of sp³-hybridized carbons (Fsp3) is 0.200. The zero-order valence-electron chi connectivity index (χ0n) is 14.3. The summed E-state index contributed by atoms with van der Waals surface area (Å²) in [5.74, 6) is 0. The molecule has 1 heterocycles. The summed E-state index contributed by atoms with van der Waals surface area (Å²) in [4.78, 5) is 16.8. The molecule has 0 atom stereocenters. The number of halogens is 1. The van der Waals surface area contributed by atoms with Crippen molar-refractivity contribution in [2.75, 3.05) is 5.32 Å². The van der Waals surface area contributed by atoms with Crippen LogP contribution in [0.4, 0.5) is 10.5 Å². The molecule has 0 radical (unpaired) electrons. The smallest absolute Gasteiger partial charge is 0.412 e. The minimum atomic E-state index is -0.562. The molecule has 0 unspecified atom stereocenters. The van der Waals surface area contributed by atoms with Gasteiger partial charge >= 0.3 is 6.09 Å². The Hall–Kier alpha value is -2.59. The van der Waals surface area contributed by atoms with Gasteiger partial charge in [-0.1, -0.05) is 48.0 Å². The van der Waals surface area contributed by atoms with Crippen molar-refractivity contribution in [3.63, 3.8) is 0 Å². The lowest BCUT2D eigenvalue weighted by Crippen LogP contribution is -2.27. The van der Waals surface area contributed by atoms with Crippen molar-refractivity contribution in [3.8, 4) is 11.3 Å². The minimum Gasteiger partial charge on any atom is -0.444 e. The summed E-state index contributed by atoms with van der Waals surface area (Å²) in [5.41, 5.74) is 2.33. The number of hydrogen-bond donors (Lipinski definition) is 1. The van der Waals surface area contributed by atoms with E-state index >= 15 is 0 Å². The van der Waals surface area contributed by atoms with Gasteiger partial charge in [0.1, 0.15) is 5.60 Å². The molecule has 0 fully saturated rings. The van der Waals surface area contributed by atoms with Crippen LogP contribution >= 0.6 is 11.6 Å². The molecule has 4 nitrogen and oxygen atoms in total. The van der Waals surface area contributed by atoms with Crippen molar-refractivity contribution in [2.24, 2.45) is 0 Å². The van der Waals surface area contributed by atoms with Crippen LogP contribution in [0.2, 0.25) is 5.02 Å². The predicted molar refractivity (Wildman–Crippen MR) is 102 cm³/mol. The molecule has 0 bridgehead atoms. The highest BCUT2D eigenvalue weighted by Crippen LogP contribution is 2.30. The first-order chi connectivity index (χ1) is 11.8. The number of carbonyl (C=O) groups is 1. The number of fused-ring (bicyclic) bond motifs is 1. The number of aromatic nitrogens is 1. The maximum atomic E-state index is 12.1. The Kier molecular flexibility index (Phi) is 4.64. The number of rotatable bonds is 2. The fourth-order valence-corrected chi connectivity index (χ4v) is 2.71. The van der Waals surface area contributed by atoms with Gasteiger partial charge in [-0.05, 0) is 39.0 Å². The molecule has 0 spiro atoms. The summed E-state index contributed by atoms with van der Waals surface area (Å²) >= 11 is 6.26. The molecule has 0 aliphatic heterocycles. The molecule has 0 saturated heterocycles. The number of anilines is 1. The number of amides is 1. The van der Waals surface area contributed by atoms with Crippen molar-refractivity contribution in [3.05, 3.63) is 59.6 Å². The summed E-state index contributed by atoms with van der Waals surface area (Å²) in [6.45, 7) is 5.47. The summed E-state index contributed by atoms with van der Waals surface area (Å²) in [5, 5.41) is 4.35. The van der Waals surface area contributed by atoms with E-state index in [1.54, 1.807) is 0 Å². The van der Waals surface area contributed by atoms with Crippen LogP contribution in [0.15, 0.2) is 54.6 Å². The zero-order chi connectivity index (χ0) is 18.0. The Morgan fingerprint density at radius 1 is 1.04 bits per heavy atom. The van der Waals surface area contributed by atoms with Gasteiger partial charge in [0.05, 0.1) is 21.9 Å². The number of hydrogen-bond acceptors (Lipinski definition) is 3. The standard InChI is InChI=1S/C20H19ClN2O2/c1-20(2,3)25-19(24)23-16-10-5-4-8-14(16)17-12-11-13-7-6-9-15(21)18(13)22-17/h4-12H,1-3H3,(H,23,24). The Balaban J connectivity index is 1.98. The first kappa shape index (κ1) is 17.2. The van der Waals surface area contributed by atoms with Crippen LogP contribution in [0.1, 0.15) is 20.8 Å². The number of nitrogens with one attached hydrogen (secondary N) is 1. The lowest BCUT2D eigenvalue weighted by molar-refractivity contribution is 0.0636. The summed E-state index contributed by atoms with van der Waals surface area (Å²) < 4.78 is 5.33. The monoisotopic (exact) mass is 354 g/mol. The highest BCUT2D eigenvalue weighted by Gasteiger charge is 2.17. The molecule has 3 rings (SSSR count). The second-order valence-corrected chi connectivity index (χ2v) is 7.09. The second kappa shape index (κ2) is 6.73. The summed E-state index contributed by atoms with van der Waals surface area (Å²) in [6, 6.07) is 17.0. The number of pyridine rings is 1. The van der Waals surface area contributed by atoms with Crippen LogP contribution in [0.3, 0.4) is 0 Å². The van der Waals surface area contributed by atoms with Gasteiger partial charge in [0, 0.05) is 10.9 Å². The minimum absolute atomic E-state index is 0.501. The van der Waals surface area contributed by atoms with Crippen LogP contribution in [-0.2, 0) is 4.74 Å². The average Bonchev–Trinajstić information content (AvgIpc) is 2.54. The predicted octanol–water partition coefficient (Wildman–Crippen LogP) is 5.90. The third-order valence-corrected chi connectivity index (χ3v) is 3.81. The first-order valence-electron chi connectivity index (χ1n) is 7.98. The summed E-state index contributed by atoms with van der Waals surface area (Å²) in [7, 11) is 0. The van der Waals surface area contributed by atoms with E-state index in [9.17, 15) is 4.79 Å². The molecule has 128 valence electrons. The van der Waals surface area contributed by atoms with Gasteiger partial charge in [0.2, 0.25) is 0 Å². The second-order valence-electron chi connectivity index (χ2n) is 6.68. The number of ether oxygens (including phenoxy) is 1. The lowest BCUT2D eigenvalue weighted by atomic mass is 10.1. The molecule has 2 aromatic carbocycles. The van der Waals surface area contributed by atoms with E-state index in [0.29, 0.717) is 10.7 Å². The molecule has 1 N–H and O–H groups in total. The van der Waals surface area contributed by atoms with E-state index in [0.717, 1.165) is 22.2 Å². The van der Waals surface area contributed by atoms with E-state index in [2.05, 4.69) is 10.3 Å². The normalized spacial score (nSPS) is 11.4. The van der Waals surface area contributed by atoms with Crippen molar-refractivity contribution < 1.29 is 9.53 Å². The molecule has 1 amide bonds. The van der Waals surface area contributed by atoms with E-state index in [4.69, 9.17) is 16.3 Å². The number of nitrogens with zero attached hydrogens (tertiary/aromatic N) is 1. The third kappa shape index (κ3) is 4.09. The number of carbonyl (C=O) groups excluding carboxylic acids is 1. The number of para-hydroxylation sites is 2. The fourth-order valence-electron chi connectivity index (χ4n) is 2.49. The van der Waals surface area contributed by atoms with Crippen molar-refractivity contribution in [1.29, 1.82) is 0 Å². The Bertz CT molecular complexity index is 932. The molecular weight excluding hydrogens is 336 g/mol. The molecule has 0 saturated carbocycles. The average molecular weight is 355 g/mol. The van der Waals surface area contributed by atoms with Crippen molar-refractivity contribution >= 4 is 34.3 Å². The van der Waals surface area contributed by atoms with Gasteiger partial charge in [-0.2, -0.15) is 0 Å². The van der Waals surface area contributed by atoms with Gasteiger partial charge in [-0.3, -0.25) is 5.32 Å². The number of benzene rings is 2. The SMILES string of the molecule is CC(C)(C)OC(=O)Nc1ccccc1-c1ccc2cccc(Cl)c2n1. The van der Waals surface area contributed by atoms with Gasteiger partial charge in [-0.25, -0.2) is 9.78 Å².